The van der Waals surface area contributed by atoms with Crippen LogP contribution in [0.2, 0.25) is 0 Å². The number of ether oxygens (including phenoxy) is 2. The summed E-state index contributed by atoms with van der Waals surface area (Å²) in [4.78, 5) is 45.5. The topological polar surface area (TPSA) is 174 Å². The van der Waals surface area contributed by atoms with Gasteiger partial charge < -0.3 is 25.4 Å². The van der Waals surface area contributed by atoms with Gasteiger partial charge in [-0.3, -0.25) is 14.4 Å². The van der Waals surface area contributed by atoms with Gasteiger partial charge in [0.2, 0.25) is 17.7 Å². The first-order valence-corrected chi connectivity index (χ1v) is 18.7. The number of hydrogen-bond acceptors (Lipinski definition) is 10. The Bertz CT molecular complexity index is 1720. The third-order valence-corrected chi connectivity index (χ3v) is 11.8. The molecule has 0 unspecified atom stereocenters. The highest BCUT2D eigenvalue weighted by Gasteiger charge is 2.30. The summed E-state index contributed by atoms with van der Waals surface area (Å²) in [6.07, 6.45) is 1.61. The molecule has 1 aliphatic rings. The standard InChI is InChI=1S/C33H47N7O7S2/c1-7-21(2)31-33(43)35-23(4)32-36-27(19-24-12-13-25(46-5)26(18-24)47-6)38-40(32)20-29(42)34-15-9-17-39(16-8-10-28(41)37-31)49(44,45)30-14-11-22(3)48-30/h11-14,18,21,23,31H,7-10,15-17,19-20H2,1-6H3,(H,34,42)(H,35,43)(H,37,41)/t21-,23+,31-/m0/s1. The fraction of sp³-hybridized carbons (Fsp3) is 0.545. The van der Waals surface area contributed by atoms with E-state index in [0.717, 1.165) is 10.4 Å². The van der Waals surface area contributed by atoms with Gasteiger partial charge in [-0.25, -0.2) is 18.1 Å². The van der Waals surface area contributed by atoms with Crippen LogP contribution in [0, 0.1) is 12.8 Å². The Morgan fingerprint density at radius 3 is 2.43 bits per heavy atom. The summed E-state index contributed by atoms with van der Waals surface area (Å²) in [5.41, 5.74) is 0.852. The van der Waals surface area contributed by atoms with Crippen LogP contribution in [0.25, 0.3) is 0 Å². The Morgan fingerprint density at radius 1 is 1.02 bits per heavy atom. The molecule has 3 amide bonds. The molecule has 16 heteroatoms. The lowest BCUT2D eigenvalue weighted by Crippen LogP contribution is -2.51. The second kappa shape index (κ2) is 17.1. The summed E-state index contributed by atoms with van der Waals surface area (Å²) < 4.78 is 40.9. The first kappa shape index (κ1) is 37.8. The van der Waals surface area contributed by atoms with Crippen molar-refractivity contribution in [3.05, 3.63) is 52.4 Å². The van der Waals surface area contributed by atoms with E-state index in [1.165, 1.54) is 20.3 Å². The fourth-order valence-corrected chi connectivity index (χ4v) is 8.48. The zero-order valence-electron chi connectivity index (χ0n) is 28.9. The molecule has 3 aromatic rings. The quantitative estimate of drug-likeness (QED) is 0.317. The minimum atomic E-state index is -3.81. The Kier molecular flexibility index (Phi) is 13.2. The van der Waals surface area contributed by atoms with E-state index in [4.69, 9.17) is 14.5 Å². The summed E-state index contributed by atoms with van der Waals surface area (Å²) >= 11 is 1.19. The highest BCUT2D eigenvalue weighted by atomic mass is 32.2. The van der Waals surface area contributed by atoms with E-state index in [2.05, 4.69) is 21.0 Å². The third-order valence-electron chi connectivity index (χ3n) is 8.43. The number of nitrogens with zero attached hydrogens (tertiary/aromatic N) is 4. The van der Waals surface area contributed by atoms with Gasteiger partial charge >= 0.3 is 0 Å². The molecule has 3 N–H and O–H groups in total. The van der Waals surface area contributed by atoms with Crippen LogP contribution in [0.5, 0.6) is 11.5 Å². The van der Waals surface area contributed by atoms with E-state index < -0.39 is 28.0 Å². The maximum Gasteiger partial charge on any atom is 0.252 e. The highest BCUT2D eigenvalue weighted by Crippen LogP contribution is 2.29. The average Bonchev–Trinajstić information content (AvgIpc) is 3.69. The monoisotopic (exact) mass is 717 g/mol. The Balaban J connectivity index is 1.62. The molecule has 0 spiro atoms. The molecule has 0 radical (unpaired) electrons. The smallest absolute Gasteiger partial charge is 0.252 e. The minimum absolute atomic E-state index is 0.0375. The van der Waals surface area contributed by atoms with E-state index in [1.807, 2.05) is 32.9 Å². The van der Waals surface area contributed by atoms with E-state index in [0.29, 0.717) is 42.4 Å². The van der Waals surface area contributed by atoms with Gasteiger partial charge in [0.25, 0.3) is 10.0 Å². The molecular weight excluding hydrogens is 671 g/mol. The number of aryl methyl sites for hydroxylation is 1. The van der Waals surface area contributed by atoms with Gasteiger partial charge in [-0.2, -0.15) is 9.40 Å². The summed E-state index contributed by atoms with van der Waals surface area (Å²) in [6, 6.07) is 7.34. The molecule has 49 heavy (non-hydrogen) atoms. The number of carbonyl (C=O) groups excluding carboxylic acids is 3. The van der Waals surface area contributed by atoms with Crippen molar-refractivity contribution in [1.82, 2.24) is 35.0 Å². The molecule has 0 bridgehead atoms. The number of sulfonamides is 1. The van der Waals surface area contributed by atoms with Crippen LogP contribution in [0.4, 0.5) is 0 Å². The summed E-state index contributed by atoms with van der Waals surface area (Å²) in [6.45, 7) is 7.73. The van der Waals surface area contributed by atoms with Gasteiger partial charge in [0.15, 0.2) is 17.3 Å². The molecule has 268 valence electrons. The van der Waals surface area contributed by atoms with Crippen molar-refractivity contribution in [3.8, 4) is 11.5 Å². The summed E-state index contributed by atoms with van der Waals surface area (Å²) in [7, 11) is -0.700. The lowest BCUT2D eigenvalue weighted by molar-refractivity contribution is -0.130. The van der Waals surface area contributed by atoms with Crippen molar-refractivity contribution in [2.75, 3.05) is 33.9 Å². The van der Waals surface area contributed by atoms with Gasteiger partial charge in [-0.15, -0.1) is 11.3 Å². The lowest BCUT2D eigenvalue weighted by Gasteiger charge is -2.26. The molecule has 0 saturated heterocycles. The number of benzene rings is 1. The maximum atomic E-state index is 13.6. The number of methoxy groups -OCH3 is 2. The molecule has 3 atom stereocenters. The second-order valence-corrected chi connectivity index (χ2v) is 15.6. The van der Waals surface area contributed by atoms with E-state index in [-0.39, 0.29) is 61.0 Å². The predicted octanol–water partition coefficient (Wildman–Crippen LogP) is 2.96. The van der Waals surface area contributed by atoms with Crippen molar-refractivity contribution in [1.29, 1.82) is 0 Å². The molecule has 1 aromatic carbocycles. The van der Waals surface area contributed by atoms with Crippen molar-refractivity contribution < 1.29 is 32.3 Å². The molecule has 0 fully saturated rings. The Labute approximate surface area is 292 Å². The van der Waals surface area contributed by atoms with Crippen LogP contribution in [0.1, 0.15) is 74.6 Å². The molecule has 4 rings (SSSR count). The zero-order chi connectivity index (χ0) is 35.7. The van der Waals surface area contributed by atoms with E-state index in [9.17, 15) is 22.8 Å². The number of carbonyl (C=O) groups is 3. The molecule has 14 nitrogen and oxygen atoms in total. The van der Waals surface area contributed by atoms with Crippen LogP contribution in [0.3, 0.4) is 0 Å². The third kappa shape index (κ3) is 9.79. The van der Waals surface area contributed by atoms with Gasteiger partial charge in [-0.05, 0) is 62.4 Å². The van der Waals surface area contributed by atoms with Crippen LogP contribution in [-0.4, -0.2) is 85.1 Å². The number of hydrogen-bond donors (Lipinski definition) is 3. The van der Waals surface area contributed by atoms with Crippen LogP contribution in [-0.2, 0) is 37.4 Å². The maximum absolute atomic E-state index is 13.6. The molecule has 0 saturated carbocycles. The van der Waals surface area contributed by atoms with Crippen LogP contribution < -0.4 is 25.4 Å². The molecule has 2 aromatic heterocycles. The number of aromatic nitrogens is 3. The van der Waals surface area contributed by atoms with Gasteiger partial charge in [-0.1, -0.05) is 26.3 Å². The van der Waals surface area contributed by atoms with Crippen LogP contribution >= 0.6 is 11.3 Å². The normalized spacial score (nSPS) is 19.8. The van der Waals surface area contributed by atoms with Crippen molar-refractivity contribution >= 4 is 39.1 Å². The number of amides is 3. The molecular formula is C33H47N7O7S2. The number of thiophene rings is 1. The molecule has 3 heterocycles. The summed E-state index contributed by atoms with van der Waals surface area (Å²) in [5, 5.41) is 13.3. The van der Waals surface area contributed by atoms with Crippen molar-refractivity contribution in [2.45, 2.75) is 82.6 Å². The number of nitrogens with one attached hydrogen (secondary N) is 3. The lowest BCUT2D eigenvalue weighted by atomic mass is 9.97. The first-order chi connectivity index (χ1) is 23.4. The Hall–Kier alpha value is -4.02. The van der Waals surface area contributed by atoms with Crippen molar-refractivity contribution in [2.24, 2.45) is 5.92 Å². The molecule has 0 aliphatic carbocycles. The first-order valence-electron chi connectivity index (χ1n) is 16.4. The van der Waals surface area contributed by atoms with Gasteiger partial charge in [0.05, 0.1) is 20.3 Å². The highest BCUT2D eigenvalue weighted by molar-refractivity contribution is 7.91. The van der Waals surface area contributed by atoms with E-state index >= 15 is 0 Å². The Morgan fingerprint density at radius 2 is 1.76 bits per heavy atom. The van der Waals surface area contributed by atoms with E-state index in [1.54, 1.807) is 39.3 Å². The largest absolute Gasteiger partial charge is 0.493 e. The fourth-order valence-electron chi connectivity index (χ4n) is 5.52. The zero-order valence-corrected chi connectivity index (χ0v) is 30.6. The van der Waals surface area contributed by atoms with Crippen LogP contribution in [0.15, 0.2) is 34.5 Å². The summed E-state index contributed by atoms with van der Waals surface area (Å²) in [5.74, 6) is 0.677. The number of fused-ring (bicyclic) bond motifs is 1. The average molecular weight is 718 g/mol. The van der Waals surface area contributed by atoms with Gasteiger partial charge in [0.1, 0.15) is 22.6 Å². The minimum Gasteiger partial charge on any atom is -0.493 e. The van der Waals surface area contributed by atoms with Gasteiger partial charge in [0, 0.05) is 37.4 Å². The number of rotatable bonds is 8. The molecule has 1 aliphatic heterocycles. The SMILES string of the molecule is CC[C@H](C)[C@@H]1NC(=O)CCCN(S(=O)(=O)c2ccc(C)s2)CCCNC(=O)Cn2nc(Cc3ccc(OC)c(OC)c3)nc2[C@@H](C)NC1=O. The second-order valence-electron chi connectivity index (χ2n) is 12.1. The van der Waals surface area contributed by atoms with Crippen molar-refractivity contribution in [3.63, 3.8) is 0 Å². The predicted molar refractivity (Wildman–Crippen MR) is 185 cm³/mol.